The summed E-state index contributed by atoms with van der Waals surface area (Å²) in [4.78, 5) is 154. The van der Waals surface area contributed by atoms with E-state index in [0.717, 1.165) is 98.3 Å². The highest BCUT2D eigenvalue weighted by Gasteiger charge is 2.40. The molecule has 0 bridgehead atoms. The number of amides is 4. The molecule has 2 aliphatic heterocycles. The molecule has 6 unspecified atom stereocenters. The number of ketones is 2. The quantitative estimate of drug-likeness (QED) is 0.0207. The minimum absolute atomic E-state index is 0. The second kappa shape index (κ2) is 46.8. The molecule has 4 amide bonds. The molecule has 0 spiro atoms. The van der Waals surface area contributed by atoms with Crippen molar-refractivity contribution in [1.82, 2.24) is 40.2 Å². The molecule has 2 aliphatic rings. The van der Waals surface area contributed by atoms with Gasteiger partial charge in [0.15, 0.2) is 17.7 Å². The van der Waals surface area contributed by atoms with Crippen LogP contribution in [0.4, 0.5) is 8.78 Å². The van der Waals surface area contributed by atoms with Gasteiger partial charge in [-0.2, -0.15) is 0 Å². The van der Waals surface area contributed by atoms with E-state index in [9.17, 15) is 76.8 Å². The molecule has 24 nitrogen and oxygen atoms in total. The first-order valence-corrected chi connectivity index (χ1v) is 39.5. The molecule has 0 saturated carbocycles. The van der Waals surface area contributed by atoms with Crippen LogP contribution in [-0.4, -0.2) is 187 Å². The van der Waals surface area contributed by atoms with Crippen LogP contribution in [-0.2, 0) is 65.5 Å². The number of rotatable bonds is 37. The first-order valence-electron chi connectivity index (χ1n) is 37.8. The molecule has 2 saturated heterocycles. The summed E-state index contributed by atoms with van der Waals surface area (Å²) in [6, 6.07) is 9.46. The Kier molecular flexibility index (Phi) is 40.9. The minimum Gasteiger partial charge on any atom is -0.481 e. The van der Waals surface area contributed by atoms with Gasteiger partial charge < -0.3 is 45.2 Å². The maximum Gasteiger partial charge on any atom is 0.310 e. The third-order valence-electron chi connectivity index (χ3n) is 20.8. The number of carbonyl (C=O) groups is 11. The first kappa shape index (κ1) is 95.4. The summed E-state index contributed by atoms with van der Waals surface area (Å²) in [6.45, 7) is 24.5. The SMILES string of the molecule is C.CC(=O)OC(C)=O.CCC(C)[C@H](CC(=O)C1CCCCN1C)C(=O)N(C)C(C[C@@H](O)c1nc(C(=O)N[C@@H](Cc2ccc(F)cc2)C[C@H](C)C(=O)O)cs1)C(C)C.CCC(C)[C@H](CC(=O)C1CCCCN1C)C(=O)N(C)C(C[C@@H](OC(C)=O)c1nc(C(=O)N[C@@H](Cc2ccc(F)cc2)C[C@H](C)C(=O)O)cs1)C(C)C. The Morgan fingerprint density at radius 1 is 0.560 bits per heavy atom. The van der Waals surface area contributed by atoms with Crippen molar-refractivity contribution < 1.29 is 86.3 Å². The molecule has 109 heavy (non-hydrogen) atoms. The number of thiazole rings is 2. The lowest BCUT2D eigenvalue weighted by atomic mass is 9.83. The largest absolute Gasteiger partial charge is 0.481 e. The van der Waals surface area contributed by atoms with Crippen LogP contribution in [0.2, 0.25) is 0 Å². The zero-order valence-electron chi connectivity index (χ0n) is 66.1. The average molecular weight is 1570 g/mol. The third-order valence-corrected chi connectivity index (χ3v) is 22.7. The number of carboxylic acid groups (broad SMARTS) is 2. The topological polar surface area (TPSA) is 330 Å². The zero-order chi connectivity index (χ0) is 81.0. The van der Waals surface area contributed by atoms with Crippen molar-refractivity contribution in [3.05, 3.63) is 103 Å². The zero-order valence-corrected chi connectivity index (χ0v) is 67.8. The fraction of sp³-hybridized carbons (Fsp3) is 0.642. The number of nitrogens with one attached hydrogen (secondary N) is 2. The van der Waals surface area contributed by atoms with Gasteiger partial charge in [0.25, 0.3) is 11.8 Å². The maximum absolute atomic E-state index is 14.2. The molecular formula is C81H122F2N8O16S2. The number of Topliss-reactive ketones (excluding diaryl/α,β-unsaturated/α-hetero) is 2. The normalized spacial score (nSPS) is 17.9. The Hall–Kier alpha value is -7.79. The van der Waals surface area contributed by atoms with Crippen LogP contribution in [0.25, 0.3) is 0 Å². The van der Waals surface area contributed by atoms with Crippen molar-refractivity contribution in [3.63, 3.8) is 0 Å². The van der Waals surface area contributed by atoms with Crippen LogP contribution in [0.5, 0.6) is 0 Å². The number of ether oxygens (including phenoxy) is 2. The average Bonchev–Trinajstić information content (AvgIpc) is 1.25. The first-order chi connectivity index (χ1) is 50.8. The van der Waals surface area contributed by atoms with Gasteiger partial charge in [-0.3, -0.25) is 62.5 Å². The summed E-state index contributed by atoms with van der Waals surface area (Å²) in [7, 11) is 7.43. The van der Waals surface area contributed by atoms with Gasteiger partial charge in [-0.1, -0.05) is 127 Å². The number of esters is 3. The van der Waals surface area contributed by atoms with E-state index in [2.05, 4.69) is 35.1 Å². The van der Waals surface area contributed by atoms with Crippen molar-refractivity contribution in [1.29, 1.82) is 0 Å². The van der Waals surface area contributed by atoms with Gasteiger partial charge in [-0.15, -0.1) is 22.7 Å². The number of aliphatic hydroxyl groups is 1. The smallest absolute Gasteiger partial charge is 0.310 e. The third kappa shape index (κ3) is 31.1. The van der Waals surface area contributed by atoms with Gasteiger partial charge in [-0.25, -0.2) is 18.7 Å². The molecule has 0 radical (unpaired) electrons. The number of likely N-dealkylation sites (tertiary alicyclic amines) is 2. The Labute approximate surface area is 651 Å². The number of aliphatic carboxylic acids is 2. The van der Waals surface area contributed by atoms with Crippen LogP contribution in [0, 0.1) is 59.0 Å². The highest BCUT2D eigenvalue weighted by Crippen LogP contribution is 2.35. The Balaban J connectivity index is 0.000000515. The number of carboxylic acids is 2. The van der Waals surface area contributed by atoms with E-state index in [4.69, 9.17) is 4.74 Å². The number of aromatic nitrogens is 2. The summed E-state index contributed by atoms with van der Waals surface area (Å²) >= 11 is 2.29. The minimum atomic E-state index is -1.05. The van der Waals surface area contributed by atoms with Crippen LogP contribution >= 0.6 is 22.7 Å². The number of hydrogen-bond acceptors (Lipinski definition) is 20. The van der Waals surface area contributed by atoms with Crippen molar-refractivity contribution >= 4 is 87.7 Å². The van der Waals surface area contributed by atoms with Crippen molar-refractivity contribution in [2.24, 2.45) is 47.3 Å². The molecule has 2 aromatic heterocycles. The predicted octanol–water partition coefficient (Wildman–Crippen LogP) is 12.8. The van der Waals surface area contributed by atoms with Gasteiger partial charge in [0, 0.05) is 107 Å². The molecular weight excluding hydrogens is 1440 g/mol. The fourth-order valence-electron chi connectivity index (χ4n) is 13.9. The summed E-state index contributed by atoms with van der Waals surface area (Å²) in [5.41, 5.74) is 1.66. The van der Waals surface area contributed by atoms with E-state index in [1.54, 1.807) is 72.8 Å². The summed E-state index contributed by atoms with van der Waals surface area (Å²) < 4.78 is 36.7. The van der Waals surface area contributed by atoms with Gasteiger partial charge in [0.2, 0.25) is 11.8 Å². The number of carbonyl (C=O) groups excluding carboxylic acids is 9. The molecule has 2 fully saturated rings. The number of hydrogen-bond donors (Lipinski definition) is 5. The van der Waals surface area contributed by atoms with E-state index in [0.29, 0.717) is 16.4 Å². The lowest BCUT2D eigenvalue weighted by Crippen LogP contribution is -2.48. The number of benzene rings is 2. The van der Waals surface area contributed by atoms with E-state index in [1.165, 1.54) is 45.0 Å². The van der Waals surface area contributed by atoms with Crippen LogP contribution < -0.4 is 10.6 Å². The van der Waals surface area contributed by atoms with Crippen molar-refractivity contribution in [2.45, 2.75) is 249 Å². The Bertz CT molecular complexity index is 3580. The molecule has 5 N–H and O–H groups in total. The molecule has 6 rings (SSSR count). The molecule has 4 aromatic rings. The molecule has 2 aromatic carbocycles. The van der Waals surface area contributed by atoms with Gasteiger partial charge in [0.1, 0.15) is 39.1 Å². The molecule has 608 valence electrons. The van der Waals surface area contributed by atoms with Gasteiger partial charge in [0.05, 0.1) is 23.9 Å². The van der Waals surface area contributed by atoms with Crippen molar-refractivity contribution in [3.8, 4) is 0 Å². The monoisotopic (exact) mass is 1560 g/mol. The standard InChI is InChI=1S/C39H57FN4O7S.C37H55FN4O6S.C4H6O3.CH4/c1-9-24(4)30(20-34(46)32-12-10-11-17-43(32)7)38(48)44(8)33(23(2)3)21-35(51-26(6)45)37-42-31(22-52-37)36(47)41-29(18-25(5)39(49)50)19-27-13-15-28(40)16-14-27;1-8-23(4)28(19-32(43)30-11-9-10-16-41(30)6)36(46)42(7)31(22(2)3)20-33(44)35-40-29(21-49-35)34(45)39-27(17-24(5)37(47)48)18-25-12-14-26(38)15-13-25;1-3(5)7-4(2)6;/h13-16,22-25,29-30,32-33,35H,9-12,17-21H2,1-8H3,(H,41,47)(H,49,50);12-15,21-24,27-28,30-31,33,44H,8-11,16-20H2,1-7H3,(H,39,45)(H,47,48);1-2H3;1H4/t24?,25-,29+,30-,32?,33?,35+;23?,24-,27+,28-,30?,31?,33+;;/m00../s1. The highest BCUT2D eigenvalue weighted by molar-refractivity contribution is 7.10. The van der Waals surface area contributed by atoms with Crippen LogP contribution in [0.15, 0.2) is 59.3 Å². The lowest BCUT2D eigenvalue weighted by molar-refractivity contribution is -0.156. The van der Waals surface area contributed by atoms with E-state index >= 15 is 0 Å². The molecule has 0 aliphatic carbocycles. The number of piperidine rings is 2. The summed E-state index contributed by atoms with van der Waals surface area (Å²) in [5.74, 6) is -7.96. The Morgan fingerprint density at radius 3 is 1.26 bits per heavy atom. The second-order valence-corrected chi connectivity index (χ2v) is 31.9. The molecule has 28 heteroatoms. The van der Waals surface area contributed by atoms with Gasteiger partial charge >= 0.3 is 29.8 Å². The van der Waals surface area contributed by atoms with Crippen molar-refractivity contribution in [2.75, 3.05) is 41.3 Å². The van der Waals surface area contributed by atoms with E-state index in [1.807, 2.05) is 69.5 Å². The van der Waals surface area contributed by atoms with Crippen LogP contribution in [0.3, 0.4) is 0 Å². The summed E-state index contributed by atoms with van der Waals surface area (Å²) in [5, 5.41) is 39.9. The van der Waals surface area contributed by atoms with Crippen LogP contribution in [0.1, 0.15) is 242 Å². The van der Waals surface area contributed by atoms with Gasteiger partial charge in [-0.05, 0) is 138 Å². The maximum atomic E-state index is 14.2. The Morgan fingerprint density at radius 2 is 0.927 bits per heavy atom. The lowest BCUT2D eigenvalue weighted by Gasteiger charge is -2.37. The summed E-state index contributed by atoms with van der Waals surface area (Å²) in [6.07, 6.45) is 7.05. The number of nitrogens with zero attached hydrogens (tertiary/aromatic N) is 6. The number of halogens is 2. The number of likely N-dealkylation sites (N-methyl/N-ethyl adjacent to an activating group) is 2. The molecule has 4 heterocycles. The second-order valence-electron chi connectivity index (χ2n) is 30.1. The fourth-order valence-corrected chi connectivity index (χ4v) is 15.5. The van der Waals surface area contributed by atoms with E-state index < -0.39 is 95.4 Å². The predicted molar refractivity (Wildman–Crippen MR) is 416 cm³/mol. The highest BCUT2D eigenvalue weighted by atomic mass is 32.1. The number of aliphatic hydroxyl groups excluding tert-OH is 1. The van der Waals surface area contributed by atoms with E-state index in [-0.39, 0.29) is 141 Å². The molecule has 14 atom stereocenters.